The lowest BCUT2D eigenvalue weighted by Gasteiger charge is -2.20. The minimum Gasteiger partial charge on any atom is -0.488 e. The van der Waals surface area contributed by atoms with E-state index in [1.165, 1.54) is 11.1 Å². The Kier molecular flexibility index (Phi) is 16.9. The summed E-state index contributed by atoms with van der Waals surface area (Å²) in [5, 5.41) is 12.9. The number of ether oxygens (including phenoxy) is 2. The molecule has 0 spiro atoms. The molecule has 1 heterocycles. The molecular weight excluding hydrogens is 578 g/mol. The van der Waals surface area contributed by atoms with Crippen molar-refractivity contribution in [3.8, 4) is 11.5 Å². The maximum absolute atomic E-state index is 12.3. The standard InChI is InChI=1S/C27H47N9O4S2/c28-20(6-2-1-3-8-24(30)31)25(37)34-10-12-39-22-14-18-16-41-42-17-19(18)15-23(22)40-13-11-35-26(38)21(29)7-4-5-9-36-27(32)33/h14-15,20-21H,1-13,16-17,28-29H2,(H3,30,31)(H,34,37)(H,35,38)(H4,32,33,36)/t20-,21-/m0/s1. The lowest BCUT2D eigenvalue weighted by Crippen LogP contribution is -2.42. The van der Waals surface area contributed by atoms with E-state index < -0.39 is 12.1 Å². The molecule has 13 nitrogen and oxygen atoms in total. The first-order valence-electron chi connectivity index (χ1n) is 14.3. The van der Waals surface area contributed by atoms with E-state index in [1.54, 1.807) is 21.6 Å². The summed E-state index contributed by atoms with van der Waals surface area (Å²) in [6, 6.07) is 2.77. The number of carbonyl (C=O) groups excluding carboxylic acids is 2. The number of unbranched alkanes of at least 4 members (excludes halogenated alkanes) is 3. The van der Waals surface area contributed by atoms with Crippen LogP contribution in [0.3, 0.4) is 0 Å². The Bertz CT molecular complexity index is 1040. The van der Waals surface area contributed by atoms with Crippen LogP contribution in [0.2, 0.25) is 0 Å². The van der Waals surface area contributed by atoms with Crippen LogP contribution in [0.25, 0.3) is 0 Å². The molecule has 1 aromatic rings. The van der Waals surface area contributed by atoms with E-state index in [-0.39, 0.29) is 36.8 Å². The number of fused-ring (bicyclic) bond motifs is 1. The van der Waals surface area contributed by atoms with Gasteiger partial charge in [-0.3, -0.25) is 20.0 Å². The van der Waals surface area contributed by atoms with Crippen molar-refractivity contribution in [2.45, 2.75) is 75.0 Å². The van der Waals surface area contributed by atoms with Crippen LogP contribution in [0.4, 0.5) is 0 Å². The van der Waals surface area contributed by atoms with Crippen molar-refractivity contribution in [2.24, 2.45) is 33.7 Å². The smallest absolute Gasteiger partial charge is 0.237 e. The largest absolute Gasteiger partial charge is 0.488 e. The second-order valence-corrected chi connectivity index (χ2v) is 12.5. The Morgan fingerprint density at radius 1 is 0.833 bits per heavy atom. The highest BCUT2D eigenvalue weighted by Crippen LogP contribution is 2.41. The van der Waals surface area contributed by atoms with Crippen LogP contribution in [0.1, 0.15) is 62.5 Å². The van der Waals surface area contributed by atoms with Gasteiger partial charge < -0.3 is 48.8 Å². The first kappa shape index (κ1) is 35.3. The first-order valence-corrected chi connectivity index (χ1v) is 16.8. The van der Waals surface area contributed by atoms with Crippen molar-refractivity contribution in [1.29, 1.82) is 5.41 Å². The van der Waals surface area contributed by atoms with Crippen LogP contribution in [0, 0.1) is 5.41 Å². The summed E-state index contributed by atoms with van der Waals surface area (Å²) in [5.41, 5.74) is 30.4. The lowest BCUT2D eigenvalue weighted by molar-refractivity contribution is -0.123. The molecule has 0 fully saturated rings. The van der Waals surface area contributed by atoms with Crippen molar-refractivity contribution in [2.75, 3.05) is 32.8 Å². The number of carbonyl (C=O) groups is 2. The highest BCUT2D eigenvalue weighted by molar-refractivity contribution is 8.76. The summed E-state index contributed by atoms with van der Waals surface area (Å²) < 4.78 is 12.0. The minimum atomic E-state index is -0.614. The third kappa shape index (κ3) is 14.3. The Hall–Kier alpha value is -2.88. The highest BCUT2D eigenvalue weighted by atomic mass is 33.1. The van der Waals surface area contributed by atoms with Gasteiger partial charge in [0.2, 0.25) is 11.8 Å². The molecule has 236 valence electrons. The molecule has 1 aliphatic rings. The molecule has 2 amide bonds. The zero-order valence-corrected chi connectivity index (χ0v) is 25.8. The lowest BCUT2D eigenvalue weighted by atomic mass is 10.1. The average molecular weight is 626 g/mol. The van der Waals surface area contributed by atoms with Gasteiger partial charge in [0.25, 0.3) is 0 Å². The van der Waals surface area contributed by atoms with Gasteiger partial charge in [-0.05, 0) is 55.4 Å². The van der Waals surface area contributed by atoms with Gasteiger partial charge in [0.05, 0.1) is 31.0 Å². The minimum absolute atomic E-state index is 0.0549. The topological polar surface area (TPSA) is 243 Å². The Morgan fingerprint density at radius 3 is 1.81 bits per heavy atom. The van der Waals surface area contributed by atoms with E-state index in [0.29, 0.717) is 50.4 Å². The monoisotopic (exact) mass is 625 g/mol. The average Bonchev–Trinajstić information content (AvgIpc) is 2.96. The zero-order valence-electron chi connectivity index (χ0n) is 24.2. The van der Waals surface area contributed by atoms with E-state index in [9.17, 15) is 9.59 Å². The molecule has 0 bridgehead atoms. The zero-order chi connectivity index (χ0) is 30.7. The van der Waals surface area contributed by atoms with Gasteiger partial charge in [0, 0.05) is 24.5 Å². The molecule has 1 aliphatic heterocycles. The molecule has 0 saturated carbocycles. The number of rotatable bonds is 21. The maximum atomic E-state index is 12.3. The quantitative estimate of drug-likeness (QED) is 0.0415. The predicted molar refractivity (Wildman–Crippen MR) is 172 cm³/mol. The van der Waals surface area contributed by atoms with E-state index in [1.807, 2.05) is 12.1 Å². The van der Waals surface area contributed by atoms with Gasteiger partial charge in [-0.15, -0.1) is 0 Å². The number of hydrogen-bond acceptors (Lipinski definition) is 10. The number of benzene rings is 1. The number of nitrogens with two attached hydrogens (primary N) is 5. The molecule has 1 aromatic carbocycles. The number of guanidine groups is 1. The summed E-state index contributed by atoms with van der Waals surface area (Å²) in [6.07, 6.45) is 5.66. The van der Waals surface area contributed by atoms with Crippen LogP contribution in [0.15, 0.2) is 17.1 Å². The van der Waals surface area contributed by atoms with Crippen LogP contribution in [0.5, 0.6) is 11.5 Å². The number of amidine groups is 1. The molecule has 0 aliphatic carbocycles. The summed E-state index contributed by atoms with van der Waals surface area (Å²) in [5.74, 6) is 2.70. The van der Waals surface area contributed by atoms with Crippen molar-refractivity contribution in [3.05, 3.63) is 23.3 Å². The summed E-state index contributed by atoms with van der Waals surface area (Å²) in [6.45, 7) is 1.61. The van der Waals surface area contributed by atoms with Crippen molar-refractivity contribution in [3.63, 3.8) is 0 Å². The molecule has 0 saturated heterocycles. The molecular formula is C27H47N9O4S2. The van der Waals surface area contributed by atoms with Crippen LogP contribution < -0.4 is 48.8 Å². The second kappa shape index (κ2) is 20.1. The molecule has 0 radical (unpaired) electrons. The molecule has 15 heteroatoms. The normalized spacial score (nSPS) is 13.8. The van der Waals surface area contributed by atoms with Gasteiger partial charge in [0.15, 0.2) is 17.5 Å². The number of aliphatic imine (C=N–C) groups is 1. The molecule has 13 N–H and O–H groups in total. The molecule has 0 aromatic heterocycles. The third-order valence-corrected chi connectivity index (χ3v) is 8.68. The molecule has 2 rings (SSSR count). The first-order chi connectivity index (χ1) is 20.2. The van der Waals surface area contributed by atoms with Crippen molar-refractivity contribution in [1.82, 2.24) is 10.6 Å². The second-order valence-electron chi connectivity index (χ2n) is 10.0. The Morgan fingerprint density at radius 2 is 1.33 bits per heavy atom. The van der Waals surface area contributed by atoms with Crippen LogP contribution in [-0.4, -0.2) is 68.5 Å². The van der Waals surface area contributed by atoms with Gasteiger partial charge >= 0.3 is 0 Å². The van der Waals surface area contributed by atoms with Gasteiger partial charge in [-0.2, -0.15) is 0 Å². The van der Waals surface area contributed by atoms with Gasteiger partial charge in [-0.25, -0.2) is 0 Å². The fourth-order valence-electron chi connectivity index (χ4n) is 4.08. The molecule has 0 unspecified atom stereocenters. The number of nitrogens with zero attached hydrogens (tertiary/aromatic N) is 1. The summed E-state index contributed by atoms with van der Waals surface area (Å²) >= 11 is 0. The SMILES string of the molecule is N=C(N)CCCCC[C@H](N)C(=O)NCCOc1cc2c(cc1OCCNC(=O)[C@@H](N)CCCCN=C(N)N)CSSC2. The maximum Gasteiger partial charge on any atom is 0.237 e. The fraction of sp³-hybridized carbons (Fsp3) is 0.630. The van der Waals surface area contributed by atoms with Gasteiger partial charge in [0.1, 0.15) is 13.2 Å². The third-order valence-electron chi connectivity index (χ3n) is 6.45. The van der Waals surface area contributed by atoms with Crippen molar-refractivity contribution < 1.29 is 19.1 Å². The summed E-state index contributed by atoms with van der Waals surface area (Å²) in [4.78, 5) is 28.6. The van der Waals surface area contributed by atoms with E-state index in [0.717, 1.165) is 43.6 Å². The Labute approximate surface area is 256 Å². The van der Waals surface area contributed by atoms with E-state index >= 15 is 0 Å². The Balaban J connectivity index is 1.76. The number of hydrogen-bond donors (Lipinski definition) is 8. The van der Waals surface area contributed by atoms with Crippen molar-refractivity contribution >= 4 is 45.2 Å². The van der Waals surface area contributed by atoms with E-state index in [2.05, 4.69) is 15.6 Å². The van der Waals surface area contributed by atoms with E-state index in [4.69, 9.17) is 43.6 Å². The molecule has 2 atom stereocenters. The predicted octanol–water partition coefficient (Wildman–Crippen LogP) is 1.06. The highest BCUT2D eigenvalue weighted by Gasteiger charge is 2.18. The molecule has 42 heavy (non-hydrogen) atoms. The summed E-state index contributed by atoms with van der Waals surface area (Å²) in [7, 11) is 3.58. The number of nitrogens with one attached hydrogen (secondary N) is 3. The van der Waals surface area contributed by atoms with Crippen LogP contribution >= 0.6 is 21.6 Å². The van der Waals surface area contributed by atoms with Crippen LogP contribution in [-0.2, 0) is 21.1 Å². The van der Waals surface area contributed by atoms with Gasteiger partial charge in [-0.1, -0.05) is 34.4 Å². The fourth-order valence-corrected chi connectivity index (χ4v) is 6.30. The number of amides is 2.